The molecule has 0 spiro atoms. The van der Waals surface area contributed by atoms with E-state index in [4.69, 9.17) is 5.73 Å². The summed E-state index contributed by atoms with van der Waals surface area (Å²) in [5.41, 5.74) is 11.5. The van der Waals surface area contributed by atoms with E-state index in [0.717, 1.165) is 37.1 Å². The van der Waals surface area contributed by atoms with Crippen molar-refractivity contribution in [2.24, 2.45) is 5.73 Å². The first kappa shape index (κ1) is 26.9. The van der Waals surface area contributed by atoms with Crippen LogP contribution in [0.15, 0.2) is 91.3 Å². The van der Waals surface area contributed by atoms with E-state index in [1.165, 1.54) is 49.0 Å². The average molecular weight is 668 g/mol. The molecular weight excluding hydrogens is 635 g/mol. The minimum Gasteiger partial charge on any atom is -0.330 e. The molecule has 5 heteroatoms. The zero-order chi connectivity index (χ0) is 24.9. The van der Waals surface area contributed by atoms with Gasteiger partial charge in [0.05, 0.1) is 11.0 Å². The van der Waals surface area contributed by atoms with Crippen molar-refractivity contribution in [3.05, 3.63) is 108 Å². The Hall–Kier alpha value is -3.17. The molecule has 3 N–H and O–H groups in total. The van der Waals surface area contributed by atoms with Gasteiger partial charge in [0.2, 0.25) is 0 Å². The van der Waals surface area contributed by atoms with Gasteiger partial charge >= 0.3 is 21.1 Å². The molecule has 0 radical (unpaired) electrons. The number of pyridine rings is 2. The second-order valence-corrected chi connectivity index (χ2v) is 9.17. The number of fused-ring (bicyclic) bond motifs is 5. The molecule has 4 nitrogen and oxygen atoms in total. The van der Waals surface area contributed by atoms with E-state index in [9.17, 15) is 0 Å². The Morgan fingerprint density at radius 2 is 1.16 bits per heavy atom. The molecule has 2 aromatic heterocycles. The van der Waals surface area contributed by atoms with Gasteiger partial charge in [-0.1, -0.05) is 60.7 Å². The van der Waals surface area contributed by atoms with E-state index < -0.39 is 0 Å². The van der Waals surface area contributed by atoms with Crippen LogP contribution < -0.4 is 11.1 Å². The Bertz CT molecular complexity index is 1550. The predicted molar refractivity (Wildman–Crippen MR) is 153 cm³/mol. The van der Waals surface area contributed by atoms with Gasteiger partial charge < -0.3 is 11.1 Å². The van der Waals surface area contributed by atoms with Crippen molar-refractivity contribution < 1.29 is 21.1 Å². The molecule has 0 unspecified atom stereocenters. The number of hydrogen-bond donors (Lipinski definition) is 2. The molecule has 6 aromatic rings. The number of nitrogens with zero attached hydrogens (tertiary/aromatic N) is 2. The molecular formula is C32H32N4Pt+4. The second kappa shape index (κ2) is 12.4. The third-order valence-electron chi connectivity index (χ3n) is 6.95. The molecule has 0 aliphatic carbocycles. The number of aromatic nitrogens is 2. The summed E-state index contributed by atoms with van der Waals surface area (Å²) in [5.74, 6) is 0. The van der Waals surface area contributed by atoms with Crippen LogP contribution in [0.5, 0.6) is 0 Å². The van der Waals surface area contributed by atoms with Crippen molar-refractivity contribution in [3.63, 3.8) is 0 Å². The molecule has 4 aromatic carbocycles. The van der Waals surface area contributed by atoms with E-state index in [0.29, 0.717) is 0 Å². The van der Waals surface area contributed by atoms with E-state index in [1.807, 2.05) is 24.5 Å². The Morgan fingerprint density at radius 3 is 1.68 bits per heavy atom. The van der Waals surface area contributed by atoms with Gasteiger partial charge in [0.15, 0.2) is 0 Å². The maximum Gasteiger partial charge on any atom is 4.00 e. The molecule has 0 saturated carbocycles. The van der Waals surface area contributed by atoms with Crippen molar-refractivity contribution in [2.45, 2.75) is 26.8 Å². The number of benzene rings is 4. The number of rotatable bonds is 5. The zero-order valence-corrected chi connectivity index (χ0v) is 23.5. The molecule has 0 saturated heterocycles. The summed E-state index contributed by atoms with van der Waals surface area (Å²) in [6, 6.07) is 27.7. The third-order valence-corrected chi connectivity index (χ3v) is 6.95. The summed E-state index contributed by atoms with van der Waals surface area (Å²) in [6.45, 7) is 6.89. The van der Waals surface area contributed by atoms with Crippen LogP contribution in [0.3, 0.4) is 0 Å². The first-order valence-corrected chi connectivity index (χ1v) is 12.6. The van der Waals surface area contributed by atoms with Gasteiger partial charge in [0, 0.05) is 29.7 Å². The van der Waals surface area contributed by atoms with Gasteiger partial charge in [0.25, 0.3) is 0 Å². The topological polar surface area (TPSA) is 63.8 Å². The summed E-state index contributed by atoms with van der Waals surface area (Å²) in [5, 5.41) is 11.2. The normalized spacial score (nSPS) is 10.9. The Labute approximate surface area is 232 Å². The van der Waals surface area contributed by atoms with E-state index in [1.54, 1.807) is 0 Å². The number of hydrogen-bond acceptors (Lipinski definition) is 4. The summed E-state index contributed by atoms with van der Waals surface area (Å²) in [4.78, 5) is 8.90. The number of nitrogens with two attached hydrogens (primary N) is 1. The summed E-state index contributed by atoms with van der Waals surface area (Å²) in [6.07, 6.45) is 4.67. The number of aryl methyl sites for hydroxylation is 2. The van der Waals surface area contributed by atoms with E-state index >= 15 is 0 Å². The van der Waals surface area contributed by atoms with Crippen LogP contribution in [0.4, 0.5) is 0 Å². The Morgan fingerprint density at radius 1 is 0.676 bits per heavy atom. The molecule has 0 atom stereocenters. The zero-order valence-electron chi connectivity index (χ0n) is 21.3. The van der Waals surface area contributed by atoms with Crippen molar-refractivity contribution >= 4 is 43.4 Å². The first-order valence-electron chi connectivity index (χ1n) is 12.6. The van der Waals surface area contributed by atoms with Gasteiger partial charge in [-0.3, -0.25) is 9.97 Å². The Kier molecular flexibility index (Phi) is 8.99. The van der Waals surface area contributed by atoms with Crippen LogP contribution in [0.25, 0.3) is 43.4 Å². The average Bonchev–Trinajstić information content (AvgIpc) is 2.94. The Balaban J connectivity index is 0.000000172. The fourth-order valence-electron chi connectivity index (χ4n) is 4.94. The summed E-state index contributed by atoms with van der Waals surface area (Å²) < 4.78 is 0. The SMILES string of the molecule is Cc1c(C)c2cccnc2c2ncccc12.NCCCNCc1c2ccccc2cc2ccccc12.[Pt+4]. The standard InChI is InChI=1S/C18H20N2.C14H12N2.Pt/c19-10-5-11-20-13-18-16-8-3-1-6-14(16)12-15-7-2-4-9-17(15)18;1-9-10(2)12-6-4-8-16-14(12)13-11(9)5-3-7-15-13;/h1-4,6-9,12,20H,5,10-11,13,19H2;3-8H,1-2H3;/q;;+4. The van der Waals surface area contributed by atoms with Crippen LogP contribution in [0.2, 0.25) is 0 Å². The molecule has 0 amide bonds. The largest absolute Gasteiger partial charge is 4.00 e. The second-order valence-electron chi connectivity index (χ2n) is 9.17. The molecule has 0 aliphatic rings. The van der Waals surface area contributed by atoms with Gasteiger partial charge in [0.1, 0.15) is 0 Å². The van der Waals surface area contributed by atoms with Crippen LogP contribution in [-0.2, 0) is 27.6 Å². The first-order chi connectivity index (χ1) is 17.7. The van der Waals surface area contributed by atoms with Gasteiger partial charge in [-0.15, -0.1) is 0 Å². The smallest absolute Gasteiger partial charge is 0.330 e. The van der Waals surface area contributed by atoms with Crippen LogP contribution in [0.1, 0.15) is 23.1 Å². The summed E-state index contributed by atoms with van der Waals surface area (Å²) >= 11 is 0. The third kappa shape index (κ3) is 5.57. The summed E-state index contributed by atoms with van der Waals surface area (Å²) in [7, 11) is 0. The fraction of sp³-hybridized carbons (Fsp3) is 0.188. The van der Waals surface area contributed by atoms with Crippen LogP contribution >= 0.6 is 0 Å². The molecule has 0 fully saturated rings. The maximum absolute atomic E-state index is 5.55. The minimum absolute atomic E-state index is 0. The van der Waals surface area contributed by atoms with Crippen molar-refractivity contribution in [1.82, 2.24) is 15.3 Å². The quantitative estimate of drug-likeness (QED) is 0.120. The molecule has 186 valence electrons. The van der Waals surface area contributed by atoms with Gasteiger partial charge in [-0.25, -0.2) is 0 Å². The van der Waals surface area contributed by atoms with Crippen LogP contribution in [0, 0.1) is 13.8 Å². The van der Waals surface area contributed by atoms with Crippen molar-refractivity contribution in [1.29, 1.82) is 0 Å². The van der Waals surface area contributed by atoms with Gasteiger partial charge in [-0.2, -0.15) is 0 Å². The molecule has 6 rings (SSSR count). The maximum atomic E-state index is 5.55. The molecule has 37 heavy (non-hydrogen) atoms. The fourth-order valence-corrected chi connectivity index (χ4v) is 4.94. The van der Waals surface area contributed by atoms with Gasteiger partial charge in [-0.05, 0) is 89.8 Å². The molecule has 0 bridgehead atoms. The number of nitrogens with one attached hydrogen (secondary N) is 1. The monoisotopic (exact) mass is 667 g/mol. The predicted octanol–water partition coefficient (Wildman–Crippen LogP) is 6.83. The van der Waals surface area contributed by atoms with Crippen molar-refractivity contribution in [2.75, 3.05) is 13.1 Å². The van der Waals surface area contributed by atoms with E-state index in [-0.39, 0.29) is 21.1 Å². The molecule has 2 heterocycles. The van der Waals surface area contributed by atoms with Crippen molar-refractivity contribution in [3.8, 4) is 0 Å². The molecule has 0 aliphatic heterocycles. The van der Waals surface area contributed by atoms with E-state index in [2.05, 4.69) is 95.9 Å². The van der Waals surface area contributed by atoms with Crippen LogP contribution in [-0.4, -0.2) is 23.1 Å². The minimum atomic E-state index is 0.